The molecule has 0 N–H and O–H groups in total. The zero-order valence-electron chi connectivity index (χ0n) is 11.9. The topological polar surface area (TPSA) is 55.8 Å². The third-order valence-corrected chi connectivity index (χ3v) is 2.78. The Morgan fingerprint density at radius 1 is 1.37 bits per heavy atom. The molecule has 0 bridgehead atoms. The molecule has 1 amide bonds. The molecule has 19 heavy (non-hydrogen) atoms. The lowest BCUT2D eigenvalue weighted by atomic mass is 9.95. The number of carbonyl (C=O) groups excluding carboxylic acids is 2. The van der Waals surface area contributed by atoms with E-state index in [1.807, 2.05) is 0 Å². The number of piperidine rings is 1. The smallest absolute Gasteiger partial charge is 0.410 e. The van der Waals surface area contributed by atoms with E-state index >= 15 is 0 Å². The van der Waals surface area contributed by atoms with Gasteiger partial charge >= 0.3 is 12.1 Å². The Kier molecular flexibility index (Phi) is 5.14. The average molecular weight is 275 g/mol. The first kappa shape index (κ1) is 15.7. The zero-order chi connectivity index (χ0) is 14.6. The van der Waals surface area contributed by atoms with Crippen molar-refractivity contribution < 1.29 is 23.5 Å². The van der Waals surface area contributed by atoms with Crippen molar-refractivity contribution in [2.75, 3.05) is 19.7 Å². The minimum Gasteiger partial charge on any atom is -0.466 e. The Bertz CT molecular complexity index is 340. The minimum absolute atomic E-state index is 0.127. The lowest BCUT2D eigenvalue weighted by Gasteiger charge is -2.34. The van der Waals surface area contributed by atoms with Crippen LogP contribution >= 0.6 is 0 Å². The fourth-order valence-corrected chi connectivity index (χ4v) is 1.91. The number of amides is 1. The molecule has 0 saturated carbocycles. The van der Waals surface area contributed by atoms with E-state index < -0.39 is 29.8 Å². The predicted octanol–water partition coefficient (Wildman–Crippen LogP) is 2.14. The van der Waals surface area contributed by atoms with Crippen LogP contribution in [0, 0.1) is 5.92 Å². The number of hydrogen-bond acceptors (Lipinski definition) is 4. The standard InChI is InChI=1S/C13H22FNO4/c1-5-18-11(16)9-6-7-15(8-10(9)14)12(17)19-13(2,3)4/h9-10H,5-8H2,1-4H3. The molecule has 0 radical (unpaired) electrons. The number of likely N-dealkylation sites (tertiary alicyclic amines) is 1. The fraction of sp³-hybridized carbons (Fsp3) is 0.846. The molecule has 0 aromatic carbocycles. The van der Waals surface area contributed by atoms with Gasteiger partial charge in [-0.3, -0.25) is 4.79 Å². The number of alkyl halides is 1. The molecular formula is C13H22FNO4. The van der Waals surface area contributed by atoms with Gasteiger partial charge in [0.2, 0.25) is 0 Å². The highest BCUT2D eigenvalue weighted by Crippen LogP contribution is 2.23. The Morgan fingerprint density at radius 2 is 2.00 bits per heavy atom. The summed E-state index contributed by atoms with van der Waals surface area (Å²) < 4.78 is 23.9. The zero-order valence-corrected chi connectivity index (χ0v) is 11.9. The summed E-state index contributed by atoms with van der Waals surface area (Å²) in [6, 6.07) is 0. The van der Waals surface area contributed by atoms with E-state index in [0.717, 1.165) is 0 Å². The molecule has 0 aromatic heterocycles. The van der Waals surface area contributed by atoms with Gasteiger partial charge in [-0.2, -0.15) is 0 Å². The number of esters is 1. The molecular weight excluding hydrogens is 253 g/mol. The lowest BCUT2D eigenvalue weighted by Crippen LogP contribution is -2.48. The van der Waals surface area contributed by atoms with Crippen molar-refractivity contribution in [3.63, 3.8) is 0 Å². The average Bonchev–Trinajstić information content (AvgIpc) is 2.26. The van der Waals surface area contributed by atoms with Crippen LogP contribution in [0.1, 0.15) is 34.1 Å². The summed E-state index contributed by atoms with van der Waals surface area (Å²) in [6.45, 7) is 7.35. The van der Waals surface area contributed by atoms with E-state index in [4.69, 9.17) is 9.47 Å². The van der Waals surface area contributed by atoms with Crippen LogP contribution in [0.4, 0.5) is 9.18 Å². The fourth-order valence-electron chi connectivity index (χ4n) is 1.91. The maximum Gasteiger partial charge on any atom is 0.410 e. The lowest BCUT2D eigenvalue weighted by molar-refractivity contribution is -0.152. The number of hydrogen-bond donors (Lipinski definition) is 0. The van der Waals surface area contributed by atoms with Gasteiger partial charge < -0.3 is 14.4 Å². The van der Waals surface area contributed by atoms with Gasteiger partial charge in [0.25, 0.3) is 0 Å². The summed E-state index contributed by atoms with van der Waals surface area (Å²) in [6.07, 6.45) is -1.68. The molecule has 1 heterocycles. The first-order chi connectivity index (χ1) is 8.74. The second kappa shape index (κ2) is 6.21. The number of rotatable bonds is 2. The molecule has 1 rings (SSSR count). The Hall–Kier alpha value is -1.33. The van der Waals surface area contributed by atoms with Crippen molar-refractivity contribution in [2.24, 2.45) is 5.92 Å². The van der Waals surface area contributed by atoms with E-state index in [1.165, 1.54) is 4.90 Å². The molecule has 5 nitrogen and oxygen atoms in total. The van der Waals surface area contributed by atoms with Crippen LogP contribution in [0.5, 0.6) is 0 Å². The third kappa shape index (κ3) is 4.69. The first-order valence-corrected chi connectivity index (χ1v) is 6.53. The van der Waals surface area contributed by atoms with Crippen LogP contribution in [0.15, 0.2) is 0 Å². The molecule has 1 fully saturated rings. The number of ether oxygens (including phenoxy) is 2. The first-order valence-electron chi connectivity index (χ1n) is 6.53. The molecule has 1 aliphatic heterocycles. The second-order valence-electron chi connectivity index (χ2n) is 5.59. The second-order valence-corrected chi connectivity index (χ2v) is 5.59. The van der Waals surface area contributed by atoms with E-state index in [-0.39, 0.29) is 19.6 Å². The molecule has 2 atom stereocenters. The van der Waals surface area contributed by atoms with Gasteiger partial charge in [-0.1, -0.05) is 0 Å². The highest BCUT2D eigenvalue weighted by molar-refractivity contribution is 5.74. The highest BCUT2D eigenvalue weighted by atomic mass is 19.1. The Labute approximate surface area is 113 Å². The molecule has 0 aromatic rings. The predicted molar refractivity (Wildman–Crippen MR) is 67.4 cm³/mol. The van der Waals surface area contributed by atoms with Crippen LogP contribution in [0.25, 0.3) is 0 Å². The maximum absolute atomic E-state index is 13.9. The van der Waals surface area contributed by atoms with Gasteiger partial charge in [0.15, 0.2) is 0 Å². The summed E-state index contributed by atoms with van der Waals surface area (Å²) >= 11 is 0. The molecule has 0 spiro atoms. The molecule has 0 aliphatic carbocycles. The SMILES string of the molecule is CCOC(=O)C1CCN(C(=O)OC(C)(C)C)CC1F. The largest absolute Gasteiger partial charge is 0.466 e. The summed E-state index contributed by atoms with van der Waals surface area (Å²) in [5.41, 5.74) is -0.610. The van der Waals surface area contributed by atoms with Crippen molar-refractivity contribution in [3.8, 4) is 0 Å². The van der Waals surface area contributed by atoms with E-state index in [9.17, 15) is 14.0 Å². The number of carbonyl (C=O) groups is 2. The Balaban J connectivity index is 2.54. The van der Waals surface area contributed by atoms with Crippen LogP contribution in [0.3, 0.4) is 0 Å². The van der Waals surface area contributed by atoms with E-state index in [0.29, 0.717) is 6.54 Å². The van der Waals surface area contributed by atoms with Crippen LogP contribution in [0.2, 0.25) is 0 Å². The summed E-state index contributed by atoms with van der Waals surface area (Å²) in [4.78, 5) is 24.6. The summed E-state index contributed by atoms with van der Waals surface area (Å²) in [7, 11) is 0. The number of nitrogens with zero attached hydrogens (tertiary/aromatic N) is 1. The minimum atomic E-state index is -1.40. The van der Waals surface area contributed by atoms with Gasteiger partial charge in [-0.15, -0.1) is 0 Å². The van der Waals surface area contributed by atoms with Crippen molar-refractivity contribution in [3.05, 3.63) is 0 Å². The Morgan fingerprint density at radius 3 is 2.47 bits per heavy atom. The molecule has 1 aliphatic rings. The van der Waals surface area contributed by atoms with Gasteiger partial charge in [-0.05, 0) is 34.1 Å². The van der Waals surface area contributed by atoms with Gasteiger partial charge in [0, 0.05) is 6.54 Å². The van der Waals surface area contributed by atoms with Crippen molar-refractivity contribution in [1.82, 2.24) is 4.90 Å². The van der Waals surface area contributed by atoms with Gasteiger partial charge in [-0.25, -0.2) is 9.18 Å². The van der Waals surface area contributed by atoms with Crippen molar-refractivity contribution in [2.45, 2.75) is 45.9 Å². The molecule has 110 valence electrons. The summed E-state index contributed by atoms with van der Waals surface area (Å²) in [5.74, 6) is -1.31. The van der Waals surface area contributed by atoms with Gasteiger partial charge in [0.1, 0.15) is 11.8 Å². The molecule has 1 saturated heterocycles. The van der Waals surface area contributed by atoms with Gasteiger partial charge in [0.05, 0.1) is 19.1 Å². The van der Waals surface area contributed by atoms with Crippen molar-refractivity contribution in [1.29, 1.82) is 0 Å². The quantitative estimate of drug-likeness (QED) is 0.725. The molecule has 6 heteroatoms. The summed E-state index contributed by atoms with van der Waals surface area (Å²) in [5, 5.41) is 0. The normalized spacial score (nSPS) is 23.9. The monoisotopic (exact) mass is 275 g/mol. The van der Waals surface area contributed by atoms with E-state index in [1.54, 1.807) is 27.7 Å². The van der Waals surface area contributed by atoms with E-state index in [2.05, 4.69) is 0 Å². The van der Waals surface area contributed by atoms with Crippen molar-refractivity contribution >= 4 is 12.1 Å². The molecule has 2 unspecified atom stereocenters. The van der Waals surface area contributed by atoms with Crippen LogP contribution in [-0.2, 0) is 14.3 Å². The van der Waals surface area contributed by atoms with Crippen LogP contribution in [-0.4, -0.2) is 48.4 Å². The maximum atomic E-state index is 13.9. The highest BCUT2D eigenvalue weighted by Gasteiger charge is 2.38. The van der Waals surface area contributed by atoms with Crippen LogP contribution < -0.4 is 0 Å². The number of halogens is 1. The third-order valence-electron chi connectivity index (χ3n) is 2.78.